The summed E-state index contributed by atoms with van der Waals surface area (Å²) < 4.78 is 0. The molecule has 162 valence electrons. The molecule has 0 aromatic heterocycles. The Bertz CT molecular complexity index is 1100. The van der Waals surface area contributed by atoms with Crippen molar-refractivity contribution in [1.29, 1.82) is 0 Å². The van der Waals surface area contributed by atoms with Gasteiger partial charge in [-0.2, -0.15) is 0 Å². The first-order chi connectivity index (χ1) is 14.8. The summed E-state index contributed by atoms with van der Waals surface area (Å²) >= 11 is 12.5. The summed E-state index contributed by atoms with van der Waals surface area (Å²) in [6, 6.07) is 10.6. The fourth-order valence-corrected chi connectivity index (χ4v) is 4.85. The van der Waals surface area contributed by atoms with Gasteiger partial charge in [0.2, 0.25) is 0 Å². The molecule has 0 aliphatic carbocycles. The van der Waals surface area contributed by atoms with E-state index < -0.39 is 5.91 Å². The van der Waals surface area contributed by atoms with E-state index in [0.717, 1.165) is 24.0 Å². The quantitative estimate of drug-likeness (QED) is 0.680. The molecule has 7 heteroatoms. The molecule has 2 amide bonds. The van der Waals surface area contributed by atoms with Crippen LogP contribution in [-0.2, 0) is 9.59 Å². The summed E-state index contributed by atoms with van der Waals surface area (Å²) in [7, 11) is 0. The number of likely N-dealkylation sites (tertiary alicyclic amines) is 1. The van der Waals surface area contributed by atoms with Crippen molar-refractivity contribution in [2.75, 3.05) is 24.6 Å². The highest BCUT2D eigenvalue weighted by atomic mass is 35.5. The standard InChI is InChI=1S/C24H24Cl2N2O3/c1-14-5-6-15(2)20(10-14)28-23(30)21(18-8-7-17(25)11-19(18)26)22(24(28)31)27-9-3-4-16(12-27)13-29/h5-8,10-11,16,29H,3-4,9,12-13H2,1-2H3. The average molecular weight is 459 g/mol. The first-order valence-electron chi connectivity index (χ1n) is 10.3. The van der Waals surface area contributed by atoms with Gasteiger partial charge in [-0.3, -0.25) is 9.59 Å². The molecule has 2 aromatic rings. The lowest BCUT2D eigenvalue weighted by molar-refractivity contribution is -0.120. The van der Waals surface area contributed by atoms with Gasteiger partial charge in [-0.05, 0) is 61.9 Å². The van der Waals surface area contributed by atoms with Crippen LogP contribution in [0.15, 0.2) is 42.1 Å². The van der Waals surface area contributed by atoms with Crippen molar-refractivity contribution < 1.29 is 14.7 Å². The fourth-order valence-electron chi connectivity index (χ4n) is 4.34. The molecule has 1 saturated heterocycles. The van der Waals surface area contributed by atoms with Gasteiger partial charge in [0.15, 0.2) is 0 Å². The zero-order chi connectivity index (χ0) is 22.3. The molecule has 2 aliphatic rings. The van der Waals surface area contributed by atoms with Gasteiger partial charge in [0.25, 0.3) is 11.8 Å². The molecule has 0 bridgehead atoms. The first-order valence-corrected chi connectivity index (χ1v) is 11.1. The van der Waals surface area contributed by atoms with Crippen LogP contribution in [0, 0.1) is 19.8 Å². The smallest absolute Gasteiger partial charge is 0.282 e. The second kappa shape index (κ2) is 8.65. The molecule has 1 atom stereocenters. The maximum atomic E-state index is 13.7. The lowest BCUT2D eigenvalue weighted by Crippen LogP contribution is -2.40. The van der Waals surface area contributed by atoms with E-state index in [1.807, 2.05) is 36.9 Å². The molecule has 4 rings (SSSR count). The molecular formula is C24H24Cl2N2O3. The molecule has 2 aliphatic heterocycles. The summed E-state index contributed by atoms with van der Waals surface area (Å²) in [6.45, 7) is 5.00. The van der Waals surface area contributed by atoms with E-state index >= 15 is 0 Å². The Hall–Kier alpha value is -2.34. The predicted molar refractivity (Wildman–Crippen MR) is 123 cm³/mol. The third-order valence-electron chi connectivity index (χ3n) is 5.96. The summed E-state index contributed by atoms with van der Waals surface area (Å²) in [5.41, 5.74) is 3.47. The molecule has 1 fully saturated rings. The van der Waals surface area contributed by atoms with Gasteiger partial charge in [0.1, 0.15) is 5.70 Å². The van der Waals surface area contributed by atoms with Crippen molar-refractivity contribution in [3.05, 3.63) is 68.8 Å². The van der Waals surface area contributed by atoms with Crippen molar-refractivity contribution in [3.8, 4) is 0 Å². The number of aliphatic hydroxyl groups is 1. The number of carbonyl (C=O) groups is 2. The molecule has 1 N–H and O–H groups in total. The van der Waals surface area contributed by atoms with E-state index in [9.17, 15) is 14.7 Å². The summed E-state index contributed by atoms with van der Waals surface area (Å²) in [4.78, 5) is 30.6. The Morgan fingerprint density at radius 2 is 1.84 bits per heavy atom. The SMILES string of the molecule is Cc1ccc(C)c(N2C(=O)C(c3ccc(Cl)cc3Cl)=C(N3CCCC(CO)C3)C2=O)c1. The average Bonchev–Trinajstić information content (AvgIpc) is 3.00. The highest BCUT2D eigenvalue weighted by Crippen LogP contribution is 2.40. The van der Waals surface area contributed by atoms with Gasteiger partial charge < -0.3 is 10.0 Å². The van der Waals surface area contributed by atoms with Crippen molar-refractivity contribution in [1.82, 2.24) is 4.90 Å². The van der Waals surface area contributed by atoms with Crippen LogP contribution in [0.5, 0.6) is 0 Å². The topological polar surface area (TPSA) is 60.9 Å². The molecule has 1 unspecified atom stereocenters. The van der Waals surface area contributed by atoms with Crippen LogP contribution < -0.4 is 4.90 Å². The number of benzene rings is 2. The van der Waals surface area contributed by atoms with Crippen molar-refractivity contribution >= 4 is 46.3 Å². The van der Waals surface area contributed by atoms with Crippen LogP contribution in [0.1, 0.15) is 29.5 Å². The minimum Gasteiger partial charge on any atom is -0.396 e. The molecule has 2 heterocycles. The summed E-state index contributed by atoms with van der Waals surface area (Å²) in [6.07, 6.45) is 1.72. The van der Waals surface area contributed by atoms with E-state index in [4.69, 9.17) is 23.2 Å². The molecule has 0 radical (unpaired) electrons. The van der Waals surface area contributed by atoms with Gasteiger partial charge >= 0.3 is 0 Å². The first kappa shape index (κ1) is 21.9. The van der Waals surface area contributed by atoms with E-state index in [1.165, 1.54) is 4.90 Å². The highest BCUT2D eigenvalue weighted by molar-refractivity contribution is 6.47. The van der Waals surface area contributed by atoms with Crippen LogP contribution in [0.4, 0.5) is 5.69 Å². The van der Waals surface area contributed by atoms with Gasteiger partial charge in [0, 0.05) is 30.3 Å². The number of piperidine rings is 1. The van der Waals surface area contributed by atoms with E-state index in [-0.39, 0.29) is 24.0 Å². The predicted octanol–water partition coefficient (Wildman–Crippen LogP) is 4.60. The van der Waals surface area contributed by atoms with E-state index in [0.29, 0.717) is 40.1 Å². The van der Waals surface area contributed by atoms with Crippen LogP contribution >= 0.6 is 23.2 Å². The molecule has 0 spiro atoms. The Balaban J connectivity index is 1.88. The van der Waals surface area contributed by atoms with Crippen LogP contribution in [0.25, 0.3) is 5.57 Å². The zero-order valence-electron chi connectivity index (χ0n) is 17.5. The fraction of sp³-hybridized carbons (Fsp3) is 0.333. The number of hydrogen-bond acceptors (Lipinski definition) is 4. The number of aryl methyl sites for hydroxylation is 2. The van der Waals surface area contributed by atoms with Crippen molar-refractivity contribution in [2.24, 2.45) is 5.92 Å². The number of imide groups is 1. The maximum absolute atomic E-state index is 13.7. The molecule has 0 saturated carbocycles. The molecular weight excluding hydrogens is 435 g/mol. The number of rotatable bonds is 4. The van der Waals surface area contributed by atoms with Crippen LogP contribution in [-0.4, -0.2) is 41.5 Å². The van der Waals surface area contributed by atoms with Gasteiger partial charge in [-0.25, -0.2) is 4.90 Å². The number of amides is 2. The minimum absolute atomic E-state index is 0.0453. The van der Waals surface area contributed by atoms with Gasteiger partial charge in [-0.15, -0.1) is 0 Å². The Kier molecular flexibility index (Phi) is 6.11. The molecule has 2 aromatic carbocycles. The van der Waals surface area contributed by atoms with Crippen LogP contribution in [0.3, 0.4) is 0 Å². The van der Waals surface area contributed by atoms with E-state index in [1.54, 1.807) is 18.2 Å². The van der Waals surface area contributed by atoms with Crippen LogP contribution in [0.2, 0.25) is 10.0 Å². The number of aliphatic hydroxyl groups excluding tert-OH is 1. The van der Waals surface area contributed by atoms with Crippen molar-refractivity contribution in [2.45, 2.75) is 26.7 Å². The Morgan fingerprint density at radius 3 is 2.55 bits per heavy atom. The maximum Gasteiger partial charge on any atom is 0.282 e. The lowest BCUT2D eigenvalue weighted by atomic mass is 9.97. The van der Waals surface area contributed by atoms with Crippen molar-refractivity contribution in [3.63, 3.8) is 0 Å². The third kappa shape index (κ3) is 3.98. The number of nitrogens with zero attached hydrogens (tertiary/aromatic N) is 2. The van der Waals surface area contributed by atoms with E-state index in [2.05, 4.69) is 0 Å². The molecule has 5 nitrogen and oxygen atoms in total. The Morgan fingerprint density at radius 1 is 1.06 bits per heavy atom. The van der Waals surface area contributed by atoms with Gasteiger partial charge in [0.05, 0.1) is 16.3 Å². The van der Waals surface area contributed by atoms with Gasteiger partial charge in [-0.1, -0.05) is 41.4 Å². The largest absolute Gasteiger partial charge is 0.396 e. The third-order valence-corrected chi connectivity index (χ3v) is 6.51. The minimum atomic E-state index is -0.399. The zero-order valence-corrected chi connectivity index (χ0v) is 19.0. The number of anilines is 1. The lowest BCUT2D eigenvalue weighted by Gasteiger charge is -2.34. The number of hydrogen-bond donors (Lipinski definition) is 1. The normalized spacial score (nSPS) is 19.6. The summed E-state index contributed by atoms with van der Waals surface area (Å²) in [5, 5.41) is 10.5. The number of halogens is 2. The monoisotopic (exact) mass is 458 g/mol. The summed E-state index contributed by atoms with van der Waals surface area (Å²) in [5.74, 6) is -0.705. The highest BCUT2D eigenvalue weighted by Gasteiger charge is 2.44. The second-order valence-corrected chi connectivity index (χ2v) is 9.06. The Labute approximate surface area is 191 Å². The second-order valence-electron chi connectivity index (χ2n) is 8.22. The number of carbonyl (C=O) groups excluding carboxylic acids is 2. The molecule has 31 heavy (non-hydrogen) atoms.